The number of aromatic nitrogens is 2. The summed E-state index contributed by atoms with van der Waals surface area (Å²) in [6.07, 6.45) is 3.04. The third kappa shape index (κ3) is 5.63. The molecule has 0 spiro atoms. The fourth-order valence-corrected chi connectivity index (χ4v) is 5.64. The Morgan fingerprint density at radius 3 is 2.27 bits per heavy atom. The summed E-state index contributed by atoms with van der Waals surface area (Å²) < 4.78 is 53.8. The zero-order valence-corrected chi connectivity index (χ0v) is 26.2. The molecule has 0 N–H and O–H groups in total. The molecule has 3 nitrogen and oxygen atoms in total. The Kier molecular flexibility index (Phi) is 6.28. The van der Waals surface area contributed by atoms with Crippen molar-refractivity contribution in [2.24, 2.45) is 0 Å². The Bertz CT molecular complexity index is 2230. The third-order valence-electron chi connectivity index (χ3n) is 6.98. The van der Waals surface area contributed by atoms with Crippen LogP contribution in [-0.4, -0.2) is 9.97 Å². The quantitative estimate of drug-likeness (QED) is 0.166. The van der Waals surface area contributed by atoms with Gasteiger partial charge in [0.2, 0.25) is 0 Å². The van der Waals surface area contributed by atoms with Crippen LogP contribution in [0.1, 0.15) is 40.9 Å². The first-order chi connectivity index (χ1) is 21.7. The van der Waals surface area contributed by atoms with Crippen molar-refractivity contribution in [1.29, 1.82) is 0 Å². The first kappa shape index (κ1) is 22.0. The summed E-state index contributed by atoms with van der Waals surface area (Å²) in [5.74, 6) is 0. The van der Waals surface area contributed by atoms with Gasteiger partial charge in [-0.1, -0.05) is 53.3 Å². The maximum absolute atomic E-state index is 7.82. The number of fused-ring (bicyclic) bond motifs is 5. The van der Waals surface area contributed by atoms with Gasteiger partial charge in [0, 0.05) is 51.0 Å². The van der Waals surface area contributed by atoms with Gasteiger partial charge in [0.05, 0.1) is 10.3 Å². The van der Waals surface area contributed by atoms with Gasteiger partial charge in [-0.25, -0.2) is 0 Å². The van der Waals surface area contributed by atoms with E-state index in [9.17, 15) is 0 Å². The van der Waals surface area contributed by atoms with Crippen LogP contribution >= 0.6 is 11.3 Å². The smallest absolute Gasteiger partial charge is 0.138 e. The number of furan rings is 1. The Labute approximate surface area is 267 Å². The predicted octanol–water partition coefficient (Wildman–Crippen LogP) is 10.1. The fraction of sp³-hybridized carbons (Fsp3) is 0.167. The van der Waals surface area contributed by atoms with Gasteiger partial charge in [-0.15, -0.1) is 64.9 Å². The molecule has 0 saturated heterocycles. The number of rotatable bonds is 2. The van der Waals surface area contributed by atoms with E-state index in [-0.39, 0.29) is 31.2 Å². The summed E-state index contributed by atoms with van der Waals surface area (Å²) in [5.41, 5.74) is 7.38. The van der Waals surface area contributed by atoms with Crippen molar-refractivity contribution in [3.63, 3.8) is 0 Å². The van der Waals surface area contributed by atoms with Crippen molar-refractivity contribution in [2.45, 2.75) is 41.4 Å². The molecule has 4 heterocycles. The first-order valence-electron chi connectivity index (χ1n) is 15.9. The van der Waals surface area contributed by atoms with Crippen LogP contribution < -0.4 is 0 Å². The molecule has 0 aliphatic heterocycles. The van der Waals surface area contributed by atoms with E-state index in [1.807, 2.05) is 31.3 Å². The summed E-state index contributed by atoms with van der Waals surface area (Å²) in [6.45, 7) is 3.12. The van der Waals surface area contributed by atoms with E-state index in [4.69, 9.17) is 12.6 Å². The monoisotopic (exact) mass is 737 g/mol. The maximum Gasteiger partial charge on any atom is 0.138 e. The number of thiophene rings is 1. The predicted molar refractivity (Wildman–Crippen MR) is 168 cm³/mol. The molecule has 0 amide bonds. The van der Waals surface area contributed by atoms with Crippen molar-refractivity contribution in [2.75, 3.05) is 0 Å². The van der Waals surface area contributed by atoms with Crippen molar-refractivity contribution < 1.29 is 32.7 Å². The number of benzene rings is 3. The SMILES string of the molecule is Cc1c[c-]c(-c2cc(C)c(C)cn2)cc1.[2H]C([2H])([2H])c1cnc(-c2[c-]ccc3c2oc2c3ccc3cc(C)sc32)cc1C([2H])([2H])[2H].[Ir]. The van der Waals surface area contributed by atoms with Crippen LogP contribution in [0.4, 0.5) is 0 Å². The minimum Gasteiger partial charge on any atom is -0.499 e. The van der Waals surface area contributed by atoms with Gasteiger partial charge in [0.15, 0.2) is 0 Å². The molecule has 0 fully saturated rings. The molecule has 3 aromatic carbocycles. The Hall–Kier alpha value is -3.63. The van der Waals surface area contributed by atoms with Crippen molar-refractivity contribution in [1.82, 2.24) is 9.97 Å². The van der Waals surface area contributed by atoms with E-state index in [0.717, 1.165) is 43.9 Å². The van der Waals surface area contributed by atoms with Crippen LogP contribution in [0.5, 0.6) is 0 Å². The summed E-state index contributed by atoms with van der Waals surface area (Å²) in [4.78, 5) is 9.87. The van der Waals surface area contributed by atoms with Crippen molar-refractivity contribution in [3.8, 4) is 22.5 Å². The molecule has 207 valence electrons. The minimum absolute atomic E-state index is 0. The van der Waals surface area contributed by atoms with E-state index in [1.165, 1.54) is 27.6 Å². The molecule has 41 heavy (non-hydrogen) atoms. The molecule has 0 unspecified atom stereocenters. The summed E-state index contributed by atoms with van der Waals surface area (Å²) in [7, 11) is 0. The first-order valence-corrected chi connectivity index (χ1v) is 13.7. The average Bonchev–Trinajstić information content (AvgIpc) is 3.58. The number of nitrogens with zero attached hydrogens (tertiary/aromatic N) is 2. The number of aryl methyl sites for hydroxylation is 6. The van der Waals surface area contributed by atoms with Gasteiger partial charge in [0.25, 0.3) is 0 Å². The van der Waals surface area contributed by atoms with Crippen LogP contribution in [-0.2, 0) is 20.1 Å². The van der Waals surface area contributed by atoms with E-state index in [2.05, 4.69) is 73.2 Å². The summed E-state index contributed by atoms with van der Waals surface area (Å²) in [6, 6.07) is 25.7. The second kappa shape index (κ2) is 11.7. The van der Waals surface area contributed by atoms with E-state index in [0.29, 0.717) is 16.8 Å². The molecule has 1 radical (unpaired) electrons. The molecule has 0 aliphatic rings. The molecule has 0 bridgehead atoms. The van der Waals surface area contributed by atoms with Crippen LogP contribution in [0.3, 0.4) is 0 Å². The topological polar surface area (TPSA) is 38.9 Å². The molecule has 0 saturated carbocycles. The number of pyridine rings is 2. The van der Waals surface area contributed by atoms with Crippen LogP contribution in [0.15, 0.2) is 77.5 Å². The largest absolute Gasteiger partial charge is 0.499 e. The van der Waals surface area contributed by atoms with Gasteiger partial charge in [-0.05, 0) is 68.4 Å². The standard InChI is InChI=1S/C22H16NOS.C14H14N.Ir/c1-12-9-19(23-11-13(12)2)18-6-4-5-16-17-8-7-15-10-14(3)25-22(15)21(17)24-20(16)18;1-10-4-6-13(7-5-10)14-8-11(2)12(3)9-15-14;/h4-5,7-11H,1-3H3;4-6,8-9H,1-3H3;/q2*-1;/i1D3,2D3;;. The van der Waals surface area contributed by atoms with Crippen molar-refractivity contribution >= 4 is 43.4 Å². The van der Waals surface area contributed by atoms with Gasteiger partial charge in [0.1, 0.15) is 5.58 Å². The molecule has 7 aromatic rings. The van der Waals surface area contributed by atoms with E-state index < -0.39 is 13.7 Å². The van der Waals surface area contributed by atoms with E-state index in [1.54, 1.807) is 17.4 Å². The summed E-state index contributed by atoms with van der Waals surface area (Å²) >= 11 is 1.65. The number of hydrogen-bond donors (Lipinski definition) is 0. The van der Waals surface area contributed by atoms with Crippen LogP contribution in [0.2, 0.25) is 0 Å². The van der Waals surface area contributed by atoms with Crippen LogP contribution in [0.25, 0.3) is 54.5 Å². The average molecular weight is 737 g/mol. The Morgan fingerprint density at radius 2 is 1.51 bits per heavy atom. The molecule has 7 rings (SSSR count). The van der Waals surface area contributed by atoms with Crippen LogP contribution in [0, 0.1) is 53.5 Å². The molecular formula is C36H30IrN2OS-2. The molecule has 0 atom stereocenters. The zero-order chi connectivity index (χ0) is 33.0. The Balaban J connectivity index is 0.000000228. The van der Waals surface area contributed by atoms with Gasteiger partial charge >= 0.3 is 0 Å². The molecule has 5 heteroatoms. The second-order valence-corrected chi connectivity index (χ2v) is 11.2. The summed E-state index contributed by atoms with van der Waals surface area (Å²) in [5, 5.41) is 2.92. The molecule has 0 aliphatic carbocycles. The van der Waals surface area contributed by atoms with Gasteiger partial charge in [-0.2, -0.15) is 0 Å². The third-order valence-corrected chi connectivity index (χ3v) is 8.05. The van der Waals surface area contributed by atoms with Crippen molar-refractivity contribution in [3.05, 3.63) is 118 Å². The minimum atomic E-state index is -2.59. The molecule has 4 aromatic heterocycles. The van der Waals surface area contributed by atoms with E-state index >= 15 is 0 Å². The second-order valence-electron chi connectivity index (χ2n) is 9.96. The van der Waals surface area contributed by atoms with Gasteiger partial charge < -0.3 is 14.4 Å². The zero-order valence-electron chi connectivity index (χ0n) is 29.0. The fourth-order valence-electron chi connectivity index (χ4n) is 4.64. The molecular weight excluding hydrogens is 701 g/mol. The Morgan fingerprint density at radius 1 is 0.756 bits per heavy atom. The number of hydrogen-bond acceptors (Lipinski definition) is 4. The normalized spacial score (nSPS) is 13.8. The van der Waals surface area contributed by atoms with Gasteiger partial charge in [-0.3, -0.25) is 0 Å². The maximum atomic E-state index is 7.82.